The number of benzene rings is 1. The Bertz CT molecular complexity index is 212. The fourth-order valence-corrected chi connectivity index (χ4v) is 2.33. The average molecular weight is 142 g/mol. The SMILES string of the molecule is [Li][SiH2]c1cc(C)cc(C)c1. The summed E-state index contributed by atoms with van der Waals surface area (Å²) >= 11 is 2.33. The Balaban J connectivity index is 3.06. The molecule has 0 saturated carbocycles. The zero-order chi connectivity index (χ0) is 7.56. The summed E-state index contributed by atoms with van der Waals surface area (Å²) in [5, 5.41) is 1.58. The summed E-state index contributed by atoms with van der Waals surface area (Å²) in [5.74, 6) is 0. The van der Waals surface area contributed by atoms with Crippen molar-refractivity contribution < 1.29 is 0 Å². The van der Waals surface area contributed by atoms with Crippen LogP contribution in [0.4, 0.5) is 0 Å². The second-order valence-electron chi connectivity index (χ2n) is 2.85. The van der Waals surface area contributed by atoms with E-state index in [0.717, 1.165) is 0 Å². The molecule has 0 fully saturated rings. The number of rotatable bonds is 1. The number of aryl methyl sites for hydroxylation is 2. The Morgan fingerprint density at radius 3 is 2.00 bits per heavy atom. The van der Waals surface area contributed by atoms with E-state index in [1.807, 2.05) is 0 Å². The molecule has 0 aliphatic heterocycles. The first-order valence-electron chi connectivity index (χ1n) is 3.79. The van der Waals surface area contributed by atoms with Gasteiger partial charge >= 0.3 is 73.2 Å². The van der Waals surface area contributed by atoms with E-state index in [1.165, 1.54) is 11.1 Å². The number of hydrogen-bond donors (Lipinski definition) is 0. The first-order chi connectivity index (χ1) is 4.72. The molecule has 2 heteroatoms. The van der Waals surface area contributed by atoms with E-state index in [0.29, 0.717) is 0 Å². The minimum atomic E-state index is 0.0485. The van der Waals surface area contributed by atoms with Gasteiger partial charge in [0.15, 0.2) is 0 Å². The molecule has 0 atom stereocenters. The van der Waals surface area contributed by atoms with E-state index in [9.17, 15) is 0 Å². The van der Waals surface area contributed by atoms with E-state index in [-0.39, 0.29) is 7.84 Å². The van der Waals surface area contributed by atoms with Crippen LogP contribution in [0.15, 0.2) is 18.2 Å². The van der Waals surface area contributed by atoms with Gasteiger partial charge in [-0.3, -0.25) is 0 Å². The molecule has 0 nitrogen and oxygen atoms in total. The van der Waals surface area contributed by atoms with Crippen LogP contribution in [-0.2, 0) is 0 Å². The summed E-state index contributed by atoms with van der Waals surface area (Å²) in [6, 6.07) is 6.84. The Hall–Kier alpha value is 0.0343. The van der Waals surface area contributed by atoms with Crippen molar-refractivity contribution in [2.24, 2.45) is 0 Å². The topological polar surface area (TPSA) is 0 Å². The van der Waals surface area contributed by atoms with E-state index in [2.05, 4.69) is 49.1 Å². The van der Waals surface area contributed by atoms with Crippen molar-refractivity contribution in [2.75, 3.05) is 0 Å². The van der Waals surface area contributed by atoms with Crippen molar-refractivity contribution in [1.82, 2.24) is 0 Å². The van der Waals surface area contributed by atoms with Gasteiger partial charge in [0.2, 0.25) is 0 Å². The van der Waals surface area contributed by atoms with Crippen molar-refractivity contribution in [1.29, 1.82) is 0 Å². The van der Waals surface area contributed by atoms with Crippen LogP contribution in [0.2, 0.25) is 0 Å². The summed E-state index contributed by atoms with van der Waals surface area (Å²) in [7, 11) is 0.0485. The molecule has 1 rings (SSSR count). The molecule has 1 aromatic rings. The third-order valence-electron chi connectivity index (χ3n) is 1.69. The summed E-state index contributed by atoms with van der Waals surface area (Å²) in [5.41, 5.74) is 2.81. The third kappa shape index (κ3) is 2.02. The molecule has 0 radical (unpaired) electrons. The van der Waals surface area contributed by atoms with Crippen molar-refractivity contribution in [3.8, 4) is 0 Å². The molecule has 0 unspecified atom stereocenters. The zero-order valence-corrected chi connectivity index (χ0v) is 8.35. The van der Waals surface area contributed by atoms with Crippen LogP contribution < -0.4 is 5.19 Å². The van der Waals surface area contributed by atoms with Gasteiger partial charge in [-0.2, -0.15) is 0 Å². The van der Waals surface area contributed by atoms with Crippen molar-refractivity contribution >= 4 is 30.1 Å². The van der Waals surface area contributed by atoms with Gasteiger partial charge in [-0.25, -0.2) is 0 Å². The molecule has 0 saturated heterocycles. The maximum absolute atomic E-state index is 2.33. The summed E-state index contributed by atoms with van der Waals surface area (Å²) in [6.07, 6.45) is 0. The van der Waals surface area contributed by atoms with Crippen LogP contribution in [0, 0.1) is 13.8 Å². The third-order valence-corrected chi connectivity index (χ3v) is 2.91. The fourth-order valence-electron chi connectivity index (χ4n) is 1.27. The second-order valence-corrected chi connectivity index (χ2v) is 4.37. The van der Waals surface area contributed by atoms with Crippen molar-refractivity contribution in [3.05, 3.63) is 29.3 Å². The predicted molar refractivity (Wildman–Crippen MR) is 49.8 cm³/mol. The van der Waals surface area contributed by atoms with Crippen molar-refractivity contribution in [2.45, 2.75) is 13.8 Å². The standard InChI is InChI=1S/C8H11Si.Li/c1-6-3-7(2)5-8(9)4-6;/h3-5H,9H2,1-2H3;. The predicted octanol–water partition coefficient (Wildman–Crippen LogP) is 0.181. The number of hydrogen-bond acceptors (Lipinski definition) is 0. The van der Waals surface area contributed by atoms with Crippen LogP contribution in [0.25, 0.3) is 0 Å². The summed E-state index contributed by atoms with van der Waals surface area (Å²) in [6.45, 7) is 4.33. The molecule has 0 bridgehead atoms. The Kier molecular flexibility index (Phi) is 2.79. The van der Waals surface area contributed by atoms with Crippen LogP contribution in [0.5, 0.6) is 0 Å². The molecule has 1 aromatic carbocycles. The van der Waals surface area contributed by atoms with Gasteiger partial charge in [0.05, 0.1) is 0 Å². The summed E-state index contributed by atoms with van der Waals surface area (Å²) in [4.78, 5) is 0. The van der Waals surface area contributed by atoms with Gasteiger partial charge in [0, 0.05) is 0 Å². The molecule has 0 aliphatic rings. The molecule has 0 amide bonds. The molecule has 0 heterocycles. The minimum absolute atomic E-state index is 0.0485. The van der Waals surface area contributed by atoms with Gasteiger partial charge in [-0.15, -0.1) is 0 Å². The molecule has 0 aliphatic carbocycles. The van der Waals surface area contributed by atoms with E-state index < -0.39 is 0 Å². The quantitative estimate of drug-likeness (QED) is 0.491. The monoisotopic (exact) mass is 142 g/mol. The first-order valence-corrected chi connectivity index (χ1v) is 5.91. The van der Waals surface area contributed by atoms with Gasteiger partial charge in [0.1, 0.15) is 0 Å². The molecule has 0 aromatic heterocycles. The normalized spacial score (nSPS) is 11.2. The van der Waals surface area contributed by atoms with Crippen LogP contribution >= 0.6 is 0 Å². The Morgan fingerprint density at radius 2 is 1.60 bits per heavy atom. The van der Waals surface area contributed by atoms with Gasteiger partial charge in [-0.05, 0) is 0 Å². The van der Waals surface area contributed by atoms with E-state index in [1.54, 1.807) is 5.19 Å². The van der Waals surface area contributed by atoms with Gasteiger partial charge < -0.3 is 0 Å². The van der Waals surface area contributed by atoms with Crippen LogP contribution in [0.3, 0.4) is 0 Å². The molecule has 48 valence electrons. The molecular weight excluding hydrogens is 131 g/mol. The fraction of sp³-hybridized carbons (Fsp3) is 0.250. The summed E-state index contributed by atoms with van der Waals surface area (Å²) < 4.78 is 0. The Labute approximate surface area is 73.4 Å². The molecule has 10 heavy (non-hydrogen) atoms. The molecular formula is C8H11LiSi. The Morgan fingerprint density at radius 1 is 1.10 bits per heavy atom. The van der Waals surface area contributed by atoms with Crippen LogP contribution in [-0.4, -0.2) is 24.9 Å². The van der Waals surface area contributed by atoms with Crippen LogP contribution in [0.1, 0.15) is 11.1 Å². The molecule has 0 N–H and O–H groups in total. The van der Waals surface area contributed by atoms with E-state index >= 15 is 0 Å². The second kappa shape index (κ2) is 3.43. The van der Waals surface area contributed by atoms with Gasteiger partial charge in [-0.1, -0.05) is 0 Å². The maximum atomic E-state index is 2.33. The van der Waals surface area contributed by atoms with Crippen molar-refractivity contribution in [3.63, 3.8) is 0 Å². The van der Waals surface area contributed by atoms with Gasteiger partial charge in [0.25, 0.3) is 0 Å². The average Bonchev–Trinajstić information content (AvgIpc) is 1.85. The first kappa shape index (κ1) is 8.13. The van der Waals surface area contributed by atoms with E-state index in [4.69, 9.17) is 0 Å². The zero-order valence-electron chi connectivity index (χ0n) is 6.94. The molecule has 0 spiro atoms.